The molecule has 4 rings (SSSR count). The van der Waals surface area contributed by atoms with Crippen molar-refractivity contribution in [2.45, 2.75) is 32.1 Å². The molecule has 0 spiro atoms. The fraction of sp³-hybridized carbons (Fsp3) is 0.300. The van der Waals surface area contributed by atoms with Crippen molar-refractivity contribution in [1.82, 2.24) is 20.1 Å². The fourth-order valence-electron chi connectivity index (χ4n) is 3.18. The van der Waals surface area contributed by atoms with Gasteiger partial charge in [-0.3, -0.25) is 19.8 Å². The number of benzene rings is 1. The van der Waals surface area contributed by atoms with E-state index in [1.54, 1.807) is 6.20 Å². The molecular weight excluding hydrogens is 415 g/mol. The van der Waals surface area contributed by atoms with Crippen molar-refractivity contribution in [3.8, 4) is 0 Å². The molecule has 1 aliphatic rings. The van der Waals surface area contributed by atoms with Gasteiger partial charge in [0.2, 0.25) is 5.91 Å². The Morgan fingerprint density at radius 2 is 2.00 bits per heavy atom. The van der Waals surface area contributed by atoms with Gasteiger partial charge < -0.3 is 10.4 Å². The van der Waals surface area contributed by atoms with Crippen LogP contribution >= 0.6 is 0 Å². The maximum absolute atomic E-state index is 12.7. The third kappa shape index (κ3) is 5.37. The minimum absolute atomic E-state index is 0.00526. The molecule has 31 heavy (non-hydrogen) atoms. The molecule has 1 amide bonds. The van der Waals surface area contributed by atoms with Crippen LogP contribution in [0.3, 0.4) is 0 Å². The van der Waals surface area contributed by atoms with Crippen molar-refractivity contribution in [1.29, 1.82) is 0 Å². The average Bonchev–Trinajstić information content (AvgIpc) is 3.21. The van der Waals surface area contributed by atoms with E-state index in [-0.39, 0.29) is 11.9 Å². The van der Waals surface area contributed by atoms with Gasteiger partial charge in [-0.1, -0.05) is 6.07 Å². The first-order chi connectivity index (χ1) is 14.7. The summed E-state index contributed by atoms with van der Waals surface area (Å²) in [5.41, 5.74) is 4.04. The van der Waals surface area contributed by atoms with E-state index >= 15 is 0 Å². The zero-order valence-corrected chi connectivity index (χ0v) is 16.5. The molecule has 1 atom stereocenters. The lowest BCUT2D eigenvalue weighted by Gasteiger charge is -2.31. The monoisotopic (exact) mass is 435 g/mol. The van der Waals surface area contributed by atoms with Gasteiger partial charge in [0.05, 0.1) is 29.1 Å². The summed E-state index contributed by atoms with van der Waals surface area (Å²) in [6.07, 6.45) is -0.533. The highest BCUT2D eigenvalue weighted by molar-refractivity contribution is 6.02. The average molecular weight is 435 g/mol. The van der Waals surface area contributed by atoms with Crippen LogP contribution in [0.15, 0.2) is 42.7 Å². The second-order valence-corrected chi connectivity index (χ2v) is 6.94. The van der Waals surface area contributed by atoms with Gasteiger partial charge in [0.1, 0.15) is 0 Å². The zero-order valence-electron chi connectivity index (χ0n) is 16.5. The number of alkyl halides is 3. The molecule has 8 nitrogen and oxygen atoms in total. The van der Waals surface area contributed by atoms with Gasteiger partial charge in [-0.25, -0.2) is 4.79 Å². The van der Waals surface area contributed by atoms with Crippen molar-refractivity contribution in [3.05, 3.63) is 54.0 Å². The molecule has 0 saturated heterocycles. The molecule has 1 unspecified atom stereocenters. The number of nitrogens with one attached hydrogen (secondary N) is 2. The molecule has 0 aliphatic carbocycles. The van der Waals surface area contributed by atoms with Gasteiger partial charge >= 0.3 is 12.1 Å². The van der Waals surface area contributed by atoms with Crippen molar-refractivity contribution in [2.75, 3.05) is 11.9 Å². The van der Waals surface area contributed by atoms with Gasteiger partial charge in [0, 0.05) is 24.7 Å². The summed E-state index contributed by atoms with van der Waals surface area (Å²) in [5.74, 6) is -2.76. The number of anilines is 1. The van der Waals surface area contributed by atoms with Crippen LogP contribution in [0.5, 0.6) is 0 Å². The molecule has 2 aromatic heterocycles. The maximum atomic E-state index is 12.7. The number of H-pyrrole nitrogens is 1. The highest BCUT2D eigenvalue weighted by Gasteiger charge is 2.38. The third-order valence-electron chi connectivity index (χ3n) is 4.91. The lowest BCUT2D eigenvalue weighted by Crippen LogP contribution is -2.44. The summed E-state index contributed by atoms with van der Waals surface area (Å²) in [4.78, 5) is 28.1. The van der Waals surface area contributed by atoms with Crippen molar-refractivity contribution in [3.63, 3.8) is 0 Å². The normalized spacial score (nSPS) is 14.8. The first kappa shape index (κ1) is 22.2. The SMILES string of the molecule is CC(C(=O)Nc1cccc2ncccc12)N1CCc2cn[nH]c2C1.O=C(O)C(F)(F)F. The van der Waals surface area contributed by atoms with E-state index in [0.29, 0.717) is 0 Å². The van der Waals surface area contributed by atoms with E-state index in [9.17, 15) is 18.0 Å². The summed E-state index contributed by atoms with van der Waals surface area (Å²) >= 11 is 0. The van der Waals surface area contributed by atoms with Gasteiger partial charge in [-0.05, 0) is 43.2 Å². The maximum Gasteiger partial charge on any atom is 0.490 e. The third-order valence-corrected chi connectivity index (χ3v) is 4.91. The molecule has 0 fully saturated rings. The highest BCUT2D eigenvalue weighted by atomic mass is 19.4. The van der Waals surface area contributed by atoms with Gasteiger partial charge in [0.25, 0.3) is 0 Å². The number of pyridine rings is 1. The number of hydrogen-bond acceptors (Lipinski definition) is 5. The lowest BCUT2D eigenvalue weighted by atomic mass is 10.1. The number of carboxylic acids is 1. The van der Waals surface area contributed by atoms with E-state index in [1.807, 2.05) is 43.5 Å². The molecule has 0 bridgehead atoms. The number of rotatable bonds is 3. The standard InChI is InChI=1S/C18H19N5O.C2HF3O2/c1-12(23-9-7-13-10-20-22-17(13)11-23)18(24)21-16-6-2-5-15-14(16)4-3-8-19-15;3-2(4,5)1(6)7/h2-6,8,10,12H,7,9,11H2,1H3,(H,20,22)(H,21,24);(H,6,7). The molecular formula is C20H20F3N5O3. The van der Waals surface area contributed by atoms with Crippen LogP contribution in [-0.2, 0) is 22.6 Å². The van der Waals surface area contributed by atoms with Gasteiger partial charge in [0.15, 0.2) is 0 Å². The number of aliphatic carboxylic acids is 1. The Bertz CT molecular complexity index is 1080. The first-order valence-corrected chi connectivity index (χ1v) is 9.36. The molecule has 1 aliphatic heterocycles. The fourth-order valence-corrected chi connectivity index (χ4v) is 3.18. The van der Waals surface area contributed by atoms with E-state index in [1.165, 1.54) is 5.56 Å². The Balaban J connectivity index is 0.000000339. The zero-order chi connectivity index (χ0) is 22.6. The number of nitrogens with zero attached hydrogens (tertiary/aromatic N) is 3. The number of carbonyl (C=O) groups excluding carboxylic acids is 1. The Morgan fingerprint density at radius 1 is 1.26 bits per heavy atom. The van der Waals surface area contributed by atoms with Crippen LogP contribution in [0.2, 0.25) is 0 Å². The summed E-state index contributed by atoms with van der Waals surface area (Å²) in [6, 6.07) is 9.41. The van der Waals surface area contributed by atoms with Crippen LogP contribution in [0.1, 0.15) is 18.2 Å². The number of aromatic nitrogens is 3. The number of amides is 1. The van der Waals surface area contributed by atoms with E-state index in [4.69, 9.17) is 9.90 Å². The largest absolute Gasteiger partial charge is 0.490 e. The quantitative estimate of drug-likeness (QED) is 0.583. The topological polar surface area (TPSA) is 111 Å². The van der Waals surface area contributed by atoms with Crippen LogP contribution in [0.25, 0.3) is 10.9 Å². The Labute approximate surface area is 175 Å². The molecule has 1 aromatic carbocycles. The number of fused-ring (bicyclic) bond motifs is 2. The van der Waals surface area contributed by atoms with Crippen molar-refractivity contribution >= 4 is 28.5 Å². The lowest BCUT2D eigenvalue weighted by molar-refractivity contribution is -0.192. The minimum atomic E-state index is -5.08. The molecule has 3 N–H and O–H groups in total. The number of halogens is 3. The summed E-state index contributed by atoms with van der Waals surface area (Å²) in [7, 11) is 0. The number of carbonyl (C=O) groups is 2. The number of hydrogen-bond donors (Lipinski definition) is 3. The summed E-state index contributed by atoms with van der Waals surface area (Å²) in [6.45, 7) is 3.53. The van der Waals surface area contributed by atoms with Crippen LogP contribution in [0.4, 0.5) is 18.9 Å². The molecule has 3 aromatic rings. The van der Waals surface area contributed by atoms with E-state index < -0.39 is 12.1 Å². The van der Waals surface area contributed by atoms with Crippen LogP contribution < -0.4 is 5.32 Å². The number of carboxylic acid groups (broad SMARTS) is 1. The first-order valence-electron chi connectivity index (χ1n) is 9.36. The summed E-state index contributed by atoms with van der Waals surface area (Å²) in [5, 5.41) is 18.2. The molecule has 164 valence electrons. The van der Waals surface area contributed by atoms with Gasteiger partial charge in [-0.15, -0.1) is 0 Å². The smallest absolute Gasteiger partial charge is 0.475 e. The predicted octanol–water partition coefficient (Wildman–Crippen LogP) is 2.98. The highest BCUT2D eigenvalue weighted by Crippen LogP contribution is 2.23. The van der Waals surface area contributed by atoms with Crippen molar-refractivity contribution < 1.29 is 27.9 Å². The Kier molecular flexibility index (Phi) is 6.54. The number of aromatic amines is 1. The minimum Gasteiger partial charge on any atom is -0.475 e. The van der Waals surface area contributed by atoms with Crippen molar-refractivity contribution in [2.24, 2.45) is 0 Å². The molecule has 3 heterocycles. The van der Waals surface area contributed by atoms with Crippen LogP contribution in [-0.4, -0.2) is 55.8 Å². The van der Waals surface area contributed by atoms with E-state index in [2.05, 4.69) is 25.4 Å². The summed E-state index contributed by atoms with van der Waals surface area (Å²) < 4.78 is 31.7. The van der Waals surface area contributed by atoms with Crippen LogP contribution in [0, 0.1) is 0 Å². The molecule has 11 heteroatoms. The molecule has 0 saturated carbocycles. The van der Waals surface area contributed by atoms with Gasteiger partial charge in [-0.2, -0.15) is 18.3 Å². The Hall–Kier alpha value is -3.47. The predicted molar refractivity (Wildman–Crippen MR) is 106 cm³/mol. The molecule has 0 radical (unpaired) electrons. The Morgan fingerprint density at radius 3 is 2.71 bits per heavy atom. The van der Waals surface area contributed by atoms with E-state index in [0.717, 1.165) is 41.8 Å². The second-order valence-electron chi connectivity index (χ2n) is 6.94. The second kappa shape index (κ2) is 9.13.